The third-order valence-corrected chi connectivity index (χ3v) is 4.38. The molecule has 6 nitrogen and oxygen atoms in total. The molecule has 1 aromatic carbocycles. The van der Waals surface area contributed by atoms with Gasteiger partial charge in [0.1, 0.15) is 11.5 Å². The molecule has 7 heteroatoms. The Morgan fingerprint density at radius 2 is 2.10 bits per heavy atom. The molecular weight excluding hydrogens is 292 g/mol. The summed E-state index contributed by atoms with van der Waals surface area (Å²) in [6.07, 6.45) is 1.88. The average Bonchev–Trinajstić information content (AvgIpc) is 2.48. The highest BCUT2D eigenvalue weighted by atomic mass is 32.2. The summed E-state index contributed by atoms with van der Waals surface area (Å²) in [5.74, 6) is 0.544. The van der Waals surface area contributed by atoms with E-state index in [0.717, 1.165) is 0 Å². The van der Waals surface area contributed by atoms with E-state index >= 15 is 0 Å². The molecule has 1 aromatic rings. The van der Waals surface area contributed by atoms with E-state index < -0.39 is 0 Å². The number of methoxy groups -OCH3 is 2. The lowest BCUT2D eigenvalue weighted by Gasteiger charge is -2.22. The minimum absolute atomic E-state index is 0.0144. The molecule has 0 aliphatic carbocycles. The van der Waals surface area contributed by atoms with Gasteiger partial charge in [-0.15, -0.1) is 0 Å². The van der Waals surface area contributed by atoms with Gasteiger partial charge in [-0.2, -0.15) is 11.8 Å². The number of carbonyl (C=O) groups is 1. The first kappa shape index (κ1) is 17.5. The van der Waals surface area contributed by atoms with Crippen LogP contribution < -0.4 is 20.5 Å². The van der Waals surface area contributed by atoms with Crippen LogP contribution in [0.3, 0.4) is 0 Å². The topological polar surface area (TPSA) is 93.8 Å². The molecule has 0 radical (unpaired) electrons. The molecule has 21 heavy (non-hydrogen) atoms. The molecule has 0 bridgehead atoms. The van der Waals surface area contributed by atoms with Crippen molar-refractivity contribution in [2.45, 2.75) is 18.2 Å². The van der Waals surface area contributed by atoms with Crippen molar-refractivity contribution in [3.63, 3.8) is 0 Å². The summed E-state index contributed by atoms with van der Waals surface area (Å²) < 4.78 is 10.3. The molecule has 4 N–H and O–H groups in total. The SMILES string of the molecule is COc1cc(OC)c(N)c(C(=O)NC(C)C(CO)SC)c1. The molecule has 2 atom stereocenters. The fourth-order valence-electron chi connectivity index (χ4n) is 1.89. The summed E-state index contributed by atoms with van der Waals surface area (Å²) in [6.45, 7) is 1.82. The fraction of sp³-hybridized carbons (Fsp3) is 0.500. The predicted molar refractivity (Wildman–Crippen MR) is 85.3 cm³/mol. The van der Waals surface area contributed by atoms with Gasteiger partial charge in [-0.25, -0.2) is 0 Å². The smallest absolute Gasteiger partial charge is 0.253 e. The van der Waals surface area contributed by atoms with E-state index in [-0.39, 0.29) is 35.1 Å². The summed E-state index contributed by atoms with van der Waals surface area (Å²) >= 11 is 1.49. The number of nitrogens with one attached hydrogen (secondary N) is 1. The number of aliphatic hydroxyl groups excluding tert-OH is 1. The van der Waals surface area contributed by atoms with Crippen LogP contribution in [-0.4, -0.2) is 49.4 Å². The molecule has 0 heterocycles. The Morgan fingerprint density at radius 3 is 2.57 bits per heavy atom. The molecular formula is C14H22N2O4S. The molecule has 2 unspecified atom stereocenters. The Labute approximate surface area is 129 Å². The Hall–Kier alpha value is -1.60. The molecule has 0 aromatic heterocycles. The number of nitrogen functional groups attached to an aromatic ring is 1. The first-order valence-corrected chi connectivity index (χ1v) is 7.73. The zero-order valence-corrected chi connectivity index (χ0v) is 13.5. The van der Waals surface area contributed by atoms with E-state index in [9.17, 15) is 9.90 Å². The van der Waals surface area contributed by atoms with Crippen LogP contribution in [0, 0.1) is 0 Å². The van der Waals surface area contributed by atoms with Gasteiger partial charge >= 0.3 is 0 Å². The molecule has 0 fully saturated rings. The van der Waals surface area contributed by atoms with Crippen LogP contribution in [0.4, 0.5) is 5.69 Å². The minimum atomic E-state index is -0.329. The number of rotatable bonds is 7. The van der Waals surface area contributed by atoms with Crippen LogP contribution in [-0.2, 0) is 0 Å². The van der Waals surface area contributed by atoms with E-state index in [4.69, 9.17) is 15.2 Å². The normalized spacial score (nSPS) is 13.4. The van der Waals surface area contributed by atoms with E-state index in [1.54, 1.807) is 12.1 Å². The molecule has 1 rings (SSSR count). The van der Waals surface area contributed by atoms with Gasteiger partial charge < -0.3 is 25.6 Å². The van der Waals surface area contributed by atoms with E-state index in [2.05, 4.69) is 5.32 Å². The van der Waals surface area contributed by atoms with Crippen LogP contribution in [0.2, 0.25) is 0 Å². The highest BCUT2D eigenvalue weighted by Crippen LogP contribution is 2.31. The molecule has 0 aliphatic heterocycles. The first-order chi connectivity index (χ1) is 9.98. The second-order valence-electron chi connectivity index (χ2n) is 4.51. The van der Waals surface area contributed by atoms with Gasteiger partial charge in [-0.3, -0.25) is 4.79 Å². The fourth-order valence-corrected chi connectivity index (χ4v) is 2.52. The van der Waals surface area contributed by atoms with Crippen molar-refractivity contribution in [2.24, 2.45) is 0 Å². The Morgan fingerprint density at radius 1 is 1.43 bits per heavy atom. The Bertz CT molecular complexity index is 492. The van der Waals surface area contributed by atoms with Crippen molar-refractivity contribution in [1.29, 1.82) is 0 Å². The van der Waals surface area contributed by atoms with Crippen LogP contribution in [0.15, 0.2) is 12.1 Å². The number of hydrogen-bond donors (Lipinski definition) is 3. The maximum Gasteiger partial charge on any atom is 0.253 e. The lowest BCUT2D eigenvalue weighted by molar-refractivity contribution is 0.0936. The minimum Gasteiger partial charge on any atom is -0.497 e. The quantitative estimate of drug-likeness (QED) is 0.653. The van der Waals surface area contributed by atoms with Crippen molar-refractivity contribution in [1.82, 2.24) is 5.32 Å². The highest BCUT2D eigenvalue weighted by Gasteiger charge is 2.21. The van der Waals surface area contributed by atoms with Gasteiger partial charge in [0.2, 0.25) is 0 Å². The third kappa shape index (κ3) is 4.18. The lowest BCUT2D eigenvalue weighted by Crippen LogP contribution is -2.41. The number of hydrogen-bond acceptors (Lipinski definition) is 6. The van der Waals surface area contributed by atoms with E-state index in [0.29, 0.717) is 11.5 Å². The second kappa shape index (κ2) is 7.99. The second-order valence-corrected chi connectivity index (χ2v) is 5.59. The monoisotopic (exact) mass is 314 g/mol. The molecule has 1 amide bonds. The van der Waals surface area contributed by atoms with Gasteiger partial charge in [0, 0.05) is 17.4 Å². The number of benzene rings is 1. The van der Waals surface area contributed by atoms with Gasteiger partial charge in [0.05, 0.1) is 32.1 Å². The van der Waals surface area contributed by atoms with Crippen molar-refractivity contribution in [2.75, 3.05) is 32.8 Å². The zero-order valence-electron chi connectivity index (χ0n) is 12.7. The Balaban J connectivity index is 3.01. The van der Waals surface area contributed by atoms with Gasteiger partial charge in [-0.05, 0) is 19.2 Å². The molecule has 118 valence electrons. The summed E-state index contributed by atoms with van der Waals surface area (Å²) in [6, 6.07) is 2.98. The van der Waals surface area contributed by atoms with E-state index in [1.165, 1.54) is 26.0 Å². The summed E-state index contributed by atoms with van der Waals surface area (Å²) in [5, 5.41) is 12.0. The predicted octanol–water partition coefficient (Wildman–Crippen LogP) is 1.13. The zero-order chi connectivity index (χ0) is 16.0. The number of anilines is 1. The molecule has 0 aliphatic rings. The maximum absolute atomic E-state index is 12.4. The van der Waals surface area contributed by atoms with Crippen molar-refractivity contribution >= 4 is 23.4 Å². The van der Waals surface area contributed by atoms with Crippen LogP contribution in [0.5, 0.6) is 11.5 Å². The van der Waals surface area contributed by atoms with Gasteiger partial charge in [0.15, 0.2) is 0 Å². The summed E-state index contributed by atoms with van der Waals surface area (Å²) in [5.41, 5.74) is 6.48. The van der Waals surface area contributed by atoms with Crippen LogP contribution in [0.25, 0.3) is 0 Å². The van der Waals surface area contributed by atoms with Gasteiger partial charge in [-0.1, -0.05) is 0 Å². The molecule has 0 saturated heterocycles. The standard InChI is InChI=1S/C14H22N2O4S/c1-8(12(7-17)21-4)16-14(18)10-5-9(19-2)6-11(20-3)13(10)15/h5-6,8,12,17H,7,15H2,1-4H3,(H,16,18). The van der Waals surface area contributed by atoms with Crippen molar-refractivity contribution in [3.8, 4) is 11.5 Å². The van der Waals surface area contributed by atoms with Crippen molar-refractivity contribution in [3.05, 3.63) is 17.7 Å². The largest absolute Gasteiger partial charge is 0.497 e. The number of amides is 1. The number of nitrogens with two attached hydrogens (primary N) is 1. The van der Waals surface area contributed by atoms with E-state index in [1.807, 2.05) is 13.2 Å². The third-order valence-electron chi connectivity index (χ3n) is 3.21. The van der Waals surface area contributed by atoms with Crippen molar-refractivity contribution < 1.29 is 19.4 Å². The average molecular weight is 314 g/mol. The number of ether oxygens (including phenoxy) is 2. The number of carbonyl (C=O) groups excluding carboxylic acids is 1. The van der Waals surface area contributed by atoms with Crippen LogP contribution >= 0.6 is 11.8 Å². The number of aliphatic hydroxyl groups is 1. The summed E-state index contributed by atoms with van der Waals surface area (Å²) in [4.78, 5) is 12.4. The lowest BCUT2D eigenvalue weighted by atomic mass is 10.1. The molecule has 0 spiro atoms. The van der Waals surface area contributed by atoms with Crippen LogP contribution in [0.1, 0.15) is 17.3 Å². The summed E-state index contributed by atoms with van der Waals surface area (Å²) in [7, 11) is 2.98. The first-order valence-electron chi connectivity index (χ1n) is 6.44. The maximum atomic E-state index is 12.4. The molecule has 0 saturated carbocycles. The highest BCUT2D eigenvalue weighted by molar-refractivity contribution is 7.99. The number of thioether (sulfide) groups is 1. The van der Waals surface area contributed by atoms with Gasteiger partial charge in [0.25, 0.3) is 5.91 Å². The Kier molecular flexibility index (Phi) is 6.64.